The molecular formula is C16H32N4O2. The van der Waals surface area contributed by atoms with Gasteiger partial charge in [0.25, 0.3) is 5.91 Å². The lowest BCUT2D eigenvalue weighted by Gasteiger charge is -2.32. The molecule has 1 aliphatic rings. The summed E-state index contributed by atoms with van der Waals surface area (Å²) in [4.78, 5) is 24.5. The number of carbonyl (C=O) groups excluding carboxylic acids is 2. The number of hydrogen-bond donors (Lipinski definition) is 1. The third-order valence-electron chi connectivity index (χ3n) is 3.96. The maximum Gasteiger partial charge on any atom is 0.277 e. The average Bonchev–Trinajstić information content (AvgIpc) is 2.75. The van der Waals surface area contributed by atoms with E-state index in [1.54, 1.807) is 5.01 Å². The summed E-state index contributed by atoms with van der Waals surface area (Å²) in [5.41, 5.74) is 0. The zero-order valence-electron chi connectivity index (χ0n) is 14.6. The number of likely N-dealkylation sites (N-methyl/N-ethyl adjacent to an activating group) is 1. The summed E-state index contributed by atoms with van der Waals surface area (Å²) in [7, 11) is 0. The van der Waals surface area contributed by atoms with Crippen molar-refractivity contribution in [1.82, 2.24) is 20.5 Å². The van der Waals surface area contributed by atoms with E-state index >= 15 is 0 Å². The Morgan fingerprint density at radius 1 is 1.05 bits per heavy atom. The monoisotopic (exact) mass is 312 g/mol. The molecule has 22 heavy (non-hydrogen) atoms. The number of nitrogens with zero attached hydrogens (tertiary/aromatic N) is 3. The molecule has 1 aliphatic heterocycles. The molecule has 1 atom stereocenters. The Balaban J connectivity index is 2.77. The van der Waals surface area contributed by atoms with Crippen molar-refractivity contribution in [2.45, 2.75) is 72.4 Å². The second-order valence-corrected chi connectivity index (χ2v) is 5.69. The van der Waals surface area contributed by atoms with E-state index in [0.717, 1.165) is 32.4 Å². The highest BCUT2D eigenvalue weighted by molar-refractivity contribution is 5.88. The molecule has 1 N–H and O–H groups in total. The standard InChI is InChI=1S/C16H32N4O2/c1-5-9-10-11-13-19-15(17-14(21)12-6-2)16(22)18(7-3)20(19)8-4/h15H,5-13H2,1-4H3,(H,17,21). The Morgan fingerprint density at radius 2 is 1.77 bits per heavy atom. The van der Waals surface area contributed by atoms with Crippen LogP contribution in [-0.4, -0.2) is 52.8 Å². The molecule has 1 saturated heterocycles. The molecule has 6 heteroatoms. The third-order valence-corrected chi connectivity index (χ3v) is 3.96. The Bertz CT molecular complexity index is 362. The Kier molecular flexibility index (Phi) is 8.42. The molecule has 0 saturated carbocycles. The van der Waals surface area contributed by atoms with E-state index in [0.29, 0.717) is 13.0 Å². The van der Waals surface area contributed by atoms with Crippen LogP contribution in [0.4, 0.5) is 0 Å². The third kappa shape index (κ3) is 4.68. The molecule has 128 valence electrons. The summed E-state index contributed by atoms with van der Waals surface area (Å²) < 4.78 is 0. The van der Waals surface area contributed by atoms with Gasteiger partial charge in [0, 0.05) is 26.1 Å². The predicted molar refractivity (Wildman–Crippen MR) is 87.5 cm³/mol. The Morgan fingerprint density at radius 3 is 2.32 bits per heavy atom. The Labute approximate surface area is 134 Å². The number of carbonyl (C=O) groups is 2. The molecule has 1 fully saturated rings. The molecule has 0 aromatic rings. The number of hydrazine groups is 2. The summed E-state index contributed by atoms with van der Waals surface area (Å²) in [6.07, 6.45) is 5.30. The fourth-order valence-corrected chi connectivity index (χ4v) is 2.86. The first-order valence-corrected chi connectivity index (χ1v) is 8.75. The van der Waals surface area contributed by atoms with Crippen LogP contribution in [0, 0.1) is 0 Å². The molecule has 6 nitrogen and oxygen atoms in total. The van der Waals surface area contributed by atoms with Crippen LogP contribution in [0.3, 0.4) is 0 Å². The number of hydrogen-bond acceptors (Lipinski definition) is 4. The number of amides is 2. The maximum absolute atomic E-state index is 12.6. The summed E-state index contributed by atoms with van der Waals surface area (Å²) >= 11 is 0. The first-order chi connectivity index (χ1) is 10.6. The van der Waals surface area contributed by atoms with Crippen LogP contribution in [-0.2, 0) is 9.59 Å². The van der Waals surface area contributed by atoms with Crippen LogP contribution < -0.4 is 5.32 Å². The van der Waals surface area contributed by atoms with Crippen molar-refractivity contribution >= 4 is 11.8 Å². The summed E-state index contributed by atoms with van der Waals surface area (Å²) in [5.74, 6) is -0.0716. The van der Waals surface area contributed by atoms with Crippen LogP contribution in [0.25, 0.3) is 0 Å². The largest absolute Gasteiger partial charge is 0.331 e. The molecule has 2 amide bonds. The van der Waals surface area contributed by atoms with Gasteiger partial charge in [0.2, 0.25) is 5.91 Å². The van der Waals surface area contributed by atoms with Crippen molar-refractivity contribution in [1.29, 1.82) is 0 Å². The highest BCUT2D eigenvalue weighted by atomic mass is 16.2. The lowest BCUT2D eigenvalue weighted by molar-refractivity contribution is -0.151. The van der Waals surface area contributed by atoms with E-state index in [9.17, 15) is 9.59 Å². The van der Waals surface area contributed by atoms with Crippen LogP contribution in [0.15, 0.2) is 0 Å². The van der Waals surface area contributed by atoms with Gasteiger partial charge in [-0.15, -0.1) is 5.12 Å². The minimum absolute atomic E-state index is 0.0238. The van der Waals surface area contributed by atoms with Crippen molar-refractivity contribution in [2.24, 2.45) is 0 Å². The second kappa shape index (κ2) is 9.79. The smallest absolute Gasteiger partial charge is 0.277 e. The van der Waals surface area contributed by atoms with Crippen LogP contribution >= 0.6 is 0 Å². The first kappa shape index (κ1) is 18.9. The van der Waals surface area contributed by atoms with E-state index in [2.05, 4.69) is 12.2 Å². The minimum Gasteiger partial charge on any atom is -0.331 e. The fraction of sp³-hybridized carbons (Fsp3) is 0.875. The molecule has 1 heterocycles. The highest BCUT2D eigenvalue weighted by Gasteiger charge is 2.43. The van der Waals surface area contributed by atoms with Gasteiger partial charge in [-0.2, -0.15) is 5.01 Å². The van der Waals surface area contributed by atoms with Gasteiger partial charge in [-0.3, -0.25) is 14.6 Å². The molecule has 0 spiro atoms. The number of nitrogens with one attached hydrogen (secondary N) is 1. The van der Waals surface area contributed by atoms with Crippen molar-refractivity contribution in [2.75, 3.05) is 19.6 Å². The lowest BCUT2D eigenvalue weighted by atomic mass is 10.2. The van der Waals surface area contributed by atoms with Gasteiger partial charge in [0.1, 0.15) is 0 Å². The predicted octanol–water partition coefficient (Wildman–Crippen LogP) is 2.13. The minimum atomic E-state index is -0.541. The summed E-state index contributed by atoms with van der Waals surface area (Å²) in [6, 6.07) is 0. The van der Waals surface area contributed by atoms with Gasteiger partial charge in [-0.25, -0.2) is 0 Å². The van der Waals surface area contributed by atoms with Gasteiger partial charge in [0.05, 0.1) is 0 Å². The molecule has 0 aromatic carbocycles. The van der Waals surface area contributed by atoms with Crippen LogP contribution in [0.2, 0.25) is 0 Å². The highest BCUT2D eigenvalue weighted by Crippen LogP contribution is 2.20. The van der Waals surface area contributed by atoms with Crippen molar-refractivity contribution in [3.63, 3.8) is 0 Å². The number of unbranched alkanes of at least 4 members (excludes halogenated alkanes) is 3. The molecule has 0 aromatic heterocycles. The van der Waals surface area contributed by atoms with Gasteiger partial charge in [-0.1, -0.05) is 33.1 Å². The van der Waals surface area contributed by atoms with Crippen molar-refractivity contribution in [3.05, 3.63) is 0 Å². The molecule has 0 radical (unpaired) electrons. The van der Waals surface area contributed by atoms with E-state index in [1.165, 1.54) is 12.8 Å². The van der Waals surface area contributed by atoms with E-state index < -0.39 is 6.17 Å². The van der Waals surface area contributed by atoms with Gasteiger partial charge < -0.3 is 5.32 Å². The zero-order chi connectivity index (χ0) is 16.5. The quantitative estimate of drug-likeness (QED) is 0.628. The average molecular weight is 312 g/mol. The molecule has 0 bridgehead atoms. The van der Waals surface area contributed by atoms with Gasteiger partial charge in [-0.05, 0) is 26.7 Å². The van der Waals surface area contributed by atoms with E-state index in [-0.39, 0.29) is 11.8 Å². The van der Waals surface area contributed by atoms with Crippen LogP contribution in [0.1, 0.15) is 66.2 Å². The summed E-state index contributed by atoms with van der Waals surface area (Å²) in [5, 5.41) is 8.64. The van der Waals surface area contributed by atoms with Gasteiger partial charge in [0.15, 0.2) is 6.17 Å². The topological polar surface area (TPSA) is 55.9 Å². The zero-order valence-corrected chi connectivity index (χ0v) is 14.6. The molecule has 0 aliphatic carbocycles. The molecular weight excluding hydrogens is 280 g/mol. The normalized spacial score (nSPS) is 19.9. The number of rotatable bonds is 10. The molecule has 1 unspecified atom stereocenters. The van der Waals surface area contributed by atoms with Crippen LogP contribution in [0.5, 0.6) is 0 Å². The van der Waals surface area contributed by atoms with E-state index in [1.807, 2.05) is 30.9 Å². The lowest BCUT2D eigenvalue weighted by Crippen LogP contribution is -2.51. The second-order valence-electron chi connectivity index (χ2n) is 5.69. The summed E-state index contributed by atoms with van der Waals surface area (Å²) in [6.45, 7) is 10.3. The first-order valence-electron chi connectivity index (χ1n) is 8.75. The maximum atomic E-state index is 12.6. The molecule has 1 rings (SSSR count). The van der Waals surface area contributed by atoms with Crippen molar-refractivity contribution < 1.29 is 9.59 Å². The fourth-order valence-electron chi connectivity index (χ4n) is 2.86. The SMILES string of the molecule is CCCCCCN1C(NC(=O)CCC)C(=O)N(CC)N1CC. The van der Waals surface area contributed by atoms with E-state index in [4.69, 9.17) is 0 Å². The van der Waals surface area contributed by atoms with Gasteiger partial charge >= 0.3 is 0 Å². The Hall–Kier alpha value is -1.14. The van der Waals surface area contributed by atoms with Crippen molar-refractivity contribution in [3.8, 4) is 0 Å².